The minimum Gasteiger partial charge on any atom is -0.327 e. The molecule has 4 atom stereocenters. The Hall–Kier alpha value is -0.120. The zero-order valence-electron chi connectivity index (χ0n) is 11.0. The standard InChI is InChI=1S/C13H27N3/c1-15(2)6-7-16(3)9-12-10-4-5-11(8-10)13(12)14/h10-13H,4-9,14H2,1-3H3. The second-order valence-corrected chi connectivity index (χ2v) is 6.14. The van der Waals surface area contributed by atoms with Gasteiger partial charge in [-0.15, -0.1) is 0 Å². The molecule has 0 aromatic rings. The molecule has 3 heteroatoms. The Balaban J connectivity index is 1.77. The molecule has 0 aromatic carbocycles. The van der Waals surface area contributed by atoms with Crippen LogP contribution in [0.5, 0.6) is 0 Å². The number of fused-ring (bicyclic) bond motifs is 2. The average molecular weight is 225 g/mol. The van der Waals surface area contributed by atoms with Gasteiger partial charge in [0, 0.05) is 25.7 Å². The summed E-state index contributed by atoms with van der Waals surface area (Å²) in [5.41, 5.74) is 6.33. The number of nitrogens with zero attached hydrogens (tertiary/aromatic N) is 2. The minimum absolute atomic E-state index is 0.487. The van der Waals surface area contributed by atoms with Gasteiger partial charge in [0.15, 0.2) is 0 Å². The first-order valence-corrected chi connectivity index (χ1v) is 6.66. The summed E-state index contributed by atoms with van der Waals surface area (Å²) in [5.74, 6) is 2.55. The molecule has 94 valence electrons. The molecule has 2 aliphatic rings. The molecule has 2 bridgehead atoms. The van der Waals surface area contributed by atoms with Gasteiger partial charge in [-0.05, 0) is 58.2 Å². The second-order valence-electron chi connectivity index (χ2n) is 6.14. The summed E-state index contributed by atoms with van der Waals surface area (Å²) in [5, 5.41) is 0. The maximum Gasteiger partial charge on any atom is 0.0111 e. The third-order valence-electron chi connectivity index (χ3n) is 4.61. The Bertz CT molecular complexity index is 227. The summed E-state index contributed by atoms with van der Waals surface area (Å²) >= 11 is 0. The van der Waals surface area contributed by atoms with E-state index in [1.807, 2.05) is 0 Å². The lowest BCUT2D eigenvalue weighted by molar-refractivity contribution is 0.188. The Morgan fingerprint density at radius 2 is 1.75 bits per heavy atom. The van der Waals surface area contributed by atoms with Gasteiger partial charge in [0.05, 0.1) is 0 Å². The Labute approximate surface area is 100.0 Å². The highest BCUT2D eigenvalue weighted by Gasteiger charge is 2.45. The molecule has 0 amide bonds. The fourth-order valence-electron chi connectivity index (χ4n) is 3.55. The van der Waals surface area contributed by atoms with Crippen LogP contribution in [0.1, 0.15) is 19.3 Å². The summed E-state index contributed by atoms with van der Waals surface area (Å²) < 4.78 is 0. The molecule has 3 nitrogen and oxygen atoms in total. The largest absolute Gasteiger partial charge is 0.327 e. The predicted octanol–water partition coefficient (Wildman–Crippen LogP) is 0.853. The van der Waals surface area contributed by atoms with E-state index in [0.717, 1.165) is 30.8 Å². The van der Waals surface area contributed by atoms with Crippen molar-refractivity contribution in [2.75, 3.05) is 40.8 Å². The van der Waals surface area contributed by atoms with Crippen LogP contribution in [0.25, 0.3) is 0 Å². The summed E-state index contributed by atoms with van der Waals surface area (Å²) in [6, 6.07) is 0.487. The molecular weight excluding hydrogens is 198 g/mol. The van der Waals surface area contributed by atoms with Gasteiger partial charge in [-0.25, -0.2) is 0 Å². The fraction of sp³-hybridized carbons (Fsp3) is 1.00. The van der Waals surface area contributed by atoms with Gasteiger partial charge in [-0.1, -0.05) is 0 Å². The molecule has 2 N–H and O–H groups in total. The van der Waals surface area contributed by atoms with Crippen LogP contribution in [0, 0.1) is 17.8 Å². The molecular formula is C13H27N3. The van der Waals surface area contributed by atoms with Gasteiger partial charge >= 0.3 is 0 Å². The van der Waals surface area contributed by atoms with E-state index in [9.17, 15) is 0 Å². The molecule has 4 unspecified atom stereocenters. The fourth-order valence-corrected chi connectivity index (χ4v) is 3.55. The maximum atomic E-state index is 6.33. The van der Waals surface area contributed by atoms with Crippen LogP contribution in [0.15, 0.2) is 0 Å². The van der Waals surface area contributed by atoms with Crippen molar-refractivity contribution in [2.24, 2.45) is 23.5 Å². The number of rotatable bonds is 5. The van der Waals surface area contributed by atoms with Gasteiger partial charge in [-0.3, -0.25) is 0 Å². The Morgan fingerprint density at radius 1 is 1.06 bits per heavy atom. The summed E-state index contributed by atoms with van der Waals surface area (Å²) in [4.78, 5) is 4.71. The van der Waals surface area contributed by atoms with E-state index in [1.54, 1.807) is 0 Å². The molecule has 0 heterocycles. The van der Waals surface area contributed by atoms with Crippen LogP contribution in [0.3, 0.4) is 0 Å². The van der Waals surface area contributed by atoms with E-state index in [4.69, 9.17) is 5.73 Å². The van der Waals surface area contributed by atoms with E-state index in [2.05, 4.69) is 30.9 Å². The van der Waals surface area contributed by atoms with E-state index < -0.39 is 0 Å². The molecule has 0 radical (unpaired) electrons. The lowest BCUT2D eigenvalue weighted by atomic mass is 9.84. The smallest absolute Gasteiger partial charge is 0.0111 e. The highest BCUT2D eigenvalue weighted by Crippen LogP contribution is 2.47. The maximum absolute atomic E-state index is 6.33. The molecule has 2 fully saturated rings. The van der Waals surface area contributed by atoms with Crippen molar-refractivity contribution >= 4 is 0 Å². The third kappa shape index (κ3) is 2.58. The van der Waals surface area contributed by atoms with Crippen molar-refractivity contribution in [1.29, 1.82) is 0 Å². The van der Waals surface area contributed by atoms with E-state index in [0.29, 0.717) is 6.04 Å². The number of nitrogens with two attached hydrogens (primary N) is 1. The minimum atomic E-state index is 0.487. The van der Waals surface area contributed by atoms with Crippen LogP contribution in [-0.4, -0.2) is 56.6 Å². The Morgan fingerprint density at radius 3 is 2.31 bits per heavy atom. The molecule has 0 aliphatic heterocycles. The van der Waals surface area contributed by atoms with Crippen molar-refractivity contribution in [3.63, 3.8) is 0 Å². The Kier molecular flexibility index (Phi) is 3.88. The van der Waals surface area contributed by atoms with E-state index in [1.165, 1.54) is 25.8 Å². The molecule has 16 heavy (non-hydrogen) atoms. The van der Waals surface area contributed by atoms with Crippen LogP contribution >= 0.6 is 0 Å². The first kappa shape index (κ1) is 12.3. The summed E-state index contributed by atoms with van der Waals surface area (Å²) in [6.07, 6.45) is 4.24. The summed E-state index contributed by atoms with van der Waals surface area (Å²) in [6.45, 7) is 3.51. The highest BCUT2D eigenvalue weighted by atomic mass is 15.2. The van der Waals surface area contributed by atoms with Gasteiger partial charge in [0.1, 0.15) is 0 Å². The van der Waals surface area contributed by atoms with Crippen LogP contribution < -0.4 is 5.73 Å². The number of likely N-dealkylation sites (N-methyl/N-ethyl adjacent to an activating group) is 2. The SMILES string of the molecule is CN(C)CCN(C)CC1C2CCC(C2)C1N. The first-order valence-electron chi connectivity index (χ1n) is 6.66. The molecule has 2 rings (SSSR count). The van der Waals surface area contributed by atoms with E-state index >= 15 is 0 Å². The molecule has 2 saturated carbocycles. The lowest BCUT2D eigenvalue weighted by Gasteiger charge is -2.32. The third-order valence-corrected chi connectivity index (χ3v) is 4.61. The predicted molar refractivity (Wildman–Crippen MR) is 68.3 cm³/mol. The second kappa shape index (κ2) is 5.03. The van der Waals surface area contributed by atoms with Gasteiger partial charge < -0.3 is 15.5 Å². The quantitative estimate of drug-likeness (QED) is 0.753. The number of hydrogen-bond acceptors (Lipinski definition) is 3. The molecule has 2 aliphatic carbocycles. The van der Waals surface area contributed by atoms with Crippen molar-refractivity contribution in [3.05, 3.63) is 0 Å². The van der Waals surface area contributed by atoms with Crippen LogP contribution in [-0.2, 0) is 0 Å². The van der Waals surface area contributed by atoms with Crippen molar-refractivity contribution in [1.82, 2.24) is 9.80 Å². The molecule has 0 aromatic heterocycles. The number of hydrogen-bond donors (Lipinski definition) is 1. The zero-order valence-corrected chi connectivity index (χ0v) is 11.0. The van der Waals surface area contributed by atoms with Crippen molar-refractivity contribution in [3.8, 4) is 0 Å². The highest BCUT2D eigenvalue weighted by molar-refractivity contribution is 4.99. The van der Waals surface area contributed by atoms with Crippen molar-refractivity contribution in [2.45, 2.75) is 25.3 Å². The summed E-state index contributed by atoms with van der Waals surface area (Å²) in [7, 11) is 6.51. The van der Waals surface area contributed by atoms with E-state index in [-0.39, 0.29) is 0 Å². The van der Waals surface area contributed by atoms with Gasteiger partial charge in [0.25, 0.3) is 0 Å². The van der Waals surface area contributed by atoms with Gasteiger partial charge in [-0.2, -0.15) is 0 Å². The van der Waals surface area contributed by atoms with Crippen molar-refractivity contribution < 1.29 is 0 Å². The van der Waals surface area contributed by atoms with Gasteiger partial charge in [0.2, 0.25) is 0 Å². The molecule has 0 spiro atoms. The van der Waals surface area contributed by atoms with Crippen LogP contribution in [0.2, 0.25) is 0 Å². The first-order chi connectivity index (χ1) is 7.58. The topological polar surface area (TPSA) is 32.5 Å². The van der Waals surface area contributed by atoms with Crippen LogP contribution in [0.4, 0.5) is 0 Å². The lowest BCUT2D eigenvalue weighted by Crippen LogP contribution is -2.43. The average Bonchev–Trinajstić information content (AvgIpc) is 2.79. The zero-order chi connectivity index (χ0) is 11.7. The molecule has 0 saturated heterocycles. The normalized spacial score (nSPS) is 37.9. The monoisotopic (exact) mass is 225 g/mol.